The zero-order valence-electron chi connectivity index (χ0n) is 9.61. The fourth-order valence-electron chi connectivity index (χ4n) is 1.41. The molecule has 0 saturated heterocycles. The van der Waals surface area contributed by atoms with Gasteiger partial charge in [0, 0.05) is 11.6 Å². The number of carbonyl (C=O) groups excluding carboxylic acids is 1. The number of carboxylic acids is 1. The molecule has 3 nitrogen and oxygen atoms in total. The third-order valence-corrected chi connectivity index (χ3v) is 2.52. The van der Waals surface area contributed by atoms with Crippen molar-refractivity contribution in [1.82, 2.24) is 0 Å². The number of rotatable bonds is 4. The van der Waals surface area contributed by atoms with Crippen LogP contribution in [0.1, 0.15) is 28.4 Å². The molecule has 0 amide bonds. The number of hydrogen-bond acceptors (Lipinski definition) is 2. The molecule has 4 heteroatoms. The van der Waals surface area contributed by atoms with Gasteiger partial charge in [-0.3, -0.25) is 4.79 Å². The number of halogens is 1. The molecular formula is C13H13ClO3. The Morgan fingerprint density at radius 1 is 1.41 bits per heavy atom. The first-order valence-corrected chi connectivity index (χ1v) is 5.55. The van der Waals surface area contributed by atoms with Gasteiger partial charge in [-0.15, -0.1) is 11.6 Å². The minimum absolute atomic E-state index is 0.136. The Hall–Kier alpha value is -1.61. The maximum atomic E-state index is 11.6. The van der Waals surface area contributed by atoms with E-state index < -0.39 is 11.3 Å². The summed E-state index contributed by atoms with van der Waals surface area (Å²) >= 11 is 5.72. The number of benzene rings is 1. The van der Waals surface area contributed by atoms with Gasteiger partial charge in [0.1, 0.15) is 0 Å². The fraction of sp³-hybridized carbons (Fsp3) is 0.231. The van der Waals surface area contributed by atoms with Gasteiger partial charge in [-0.05, 0) is 37.1 Å². The zero-order chi connectivity index (χ0) is 13.0. The van der Waals surface area contributed by atoms with Gasteiger partial charge in [0.2, 0.25) is 0 Å². The van der Waals surface area contributed by atoms with Crippen LogP contribution < -0.4 is 0 Å². The molecule has 1 aromatic rings. The average Bonchev–Trinajstić information content (AvgIpc) is 2.26. The third kappa shape index (κ3) is 3.71. The highest BCUT2D eigenvalue weighted by molar-refractivity contribution is 6.33. The van der Waals surface area contributed by atoms with Crippen LogP contribution in [0.3, 0.4) is 0 Å². The lowest BCUT2D eigenvalue weighted by molar-refractivity contribution is -0.131. The van der Waals surface area contributed by atoms with E-state index in [0.717, 1.165) is 17.2 Å². The molecule has 90 valence electrons. The van der Waals surface area contributed by atoms with Gasteiger partial charge in [0.25, 0.3) is 0 Å². The first kappa shape index (κ1) is 13.5. The summed E-state index contributed by atoms with van der Waals surface area (Å²) in [4.78, 5) is 22.0. The van der Waals surface area contributed by atoms with Crippen molar-refractivity contribution in [2.75, 3.05) is 0 Å². The number of aliphatic carboxylic acids is 1. The molecule has 0 fully saturated rings. The van der Waals surface area contributed by atoms with Crippen molar-refractivity contribution in [2.45, 2.75) is 19.2 Å². The molecule has 0 aliphatic heterocycles. The lowest BCUT2D eigenvalue weighted by Gasteiger charge is -2.06. The smallest absolute Gasteiger partial charge is 0.328 e. The molecule has 1 aromatic carbocycles. The Bertz CT molecular complexity index is 476. The van der Waals surface area contributed by atoms with Crippen molar-refractivity contribution < 1.29 is 14.7 Å². The Morgan fingerprint density at radius 3 is 2.53 bits per heavy atom. The Kier molecular flexibility index (Phi) is 4.46. The largest absolute Gasteiger partial charge is 0.478 e. The summed E-state index contributed by atoms with van der Waals surface area (Å²) < 4.78 is 0. The van der Waals surface area contributed by atoms with Crippen LogP contribution in [0.5, 0.6) is 0 Å². The van der Waals surface area contributed by atoms with E-state index in [0.29, 0.717) is 5.56 Å². The van der Waals surface area contributed by atoms with Gasteiger partial charge in [-0.2, -0.15) is 0 Å². The molecular weight excluding hydrogens is 240 g/mol. The van der Waals surface area contributed by atoms with E-state index in [2.05, 4.69) is 0 Å². The van der Waals surface area contributed by atoms with Crippen LogP contribution in [0.15, 0.2) is 24.3 Å². The number of carbonyl (C=O) groups is 2. The summed E-state index contributed by atoms with van der Waals surface area (Å²) in [6, 6.07) is 5.07. The molecule has 0 aliphatic carbocycles. The van der Waals surface area contributed by atoms with Crippen LogP contribution in [-0.4, -0.2) is 22.2 Å². The van der Waals surface area contributed by atoms with Gasteiger partial charge in [0.05, 0.1) is 5.38 Å². The average molecular weight is 253 g/mol. The molecule has 0 bridgehead atoms. The summed E-state index contributed by atoms with van der Waals surface area (Å²) in [6.07, 6.45) is 2.56. The second-order valence-corrected chi connectivity index (χ2v) is 4.38. The van der Waals surface area contributed by atoms with Gasteiger partial charge >= 0.3 is 5.97 Å². The van der Waals surface area contributed by atoms with E-state index in [4.69, 9.17) is 16.7 Å². The fourth-order valence-corrected chi connectivity index (χ4v) is 1.53. The molecule has 0 spiro atoms. The van der Waals surface area contributed by atoms with Crippen molar-refractivity contribution in [3.8, 4) is 0 Å². The molecule has 1 atom stereocenters. The second kappa shape index (κ2) is 5.64. The number of Topliss-reactive ketones (excluding diaryl/α,β-unsaturated/α-hetero) is 1. The first-order valence-electron chi connectivity index (χ1n) is 5.11. The van der Waals surface area contributed by atoms with Crippen LogP contribution in [-0.2, 0) is 4.79 Å². The number of hydrogen-bond donors (Lipinski definition) is 1. The van der Waals surface area contributed by atoms with E-state index in [1.165, 1.54) is 6.08 Å². The second-order valence-electron chi connectivity index (χ2n) is 3.72. The Labute approximate surface area is 105 Å². The normalized spacial score (nSPS) is 12.6. The lowest BCUT2D eigenvalue weighted by Crippen LogP contribution is -2.10. The molecule has 0 heterocycles. The third-order valence-electron chi connectivity index (χ3n) is 2.32. The molecule has 1 rings (SSSR count). The SMILES string of the molecule is Cc1cc(C(=O)C(C)Cl)ccc1/C=C/C(=O)O. The van der Waals surface area contributed by atoms with E-state index in [-0.39, 0.29) is 5.78 Å². The predicted molar refractivity (Wildman–Crippen MR) is 67.5 cm³/mol. The summed E-state index contributed by atoms with van der Waals surface area (Å²) in [6.45, 7) is 3.44. The maximum absolute atomic E-state index is 11.6. The highest BCUT2D eigenvalue weighted by Gasteiger charge is 2.12. The van der Waals surface area contributed by atoms with Crippen LogP contribution >= 0.6 is 11.6 Å². The molecule has 0 saturated carbocycles. The van der Waals surface area contributed by atoms with E-state index >= 15 is 0 Å². The van der Waals surface area contributed by atoms with Gasteiger partial charge < -0.3 is 5.11 Å². The van der Waals surface area contributed by atoms with Crippen LogP contribution in [0.25, 0.3) is 6.08 Å². The highest BCUT2D eigenvalue weighted by atomic mass is 35.5. The quantitative estimate of drug-likeness (QED) is 0.509. The molecule has 0 aromatic heterocycles. The molecule has 1 N–H and O–H groups in total. The number of carboxylic acid groups (broad SMARTS) is 1. The minimum atomic E-state index is -1.00. The first-order chi connectivity index (χ1) is 7.91. The van der Waals surface area contributed by atoms with E-state index in [1.54, 1.807) is 25.1 Å². The highest BCUT2D eigenvalue weighted by Crippen LogP contribution is 2.15. The predicted octanol–water partition coefficient (Wildman–Crippen LogP) is 2.90. The molecule has 0 radical (unpaired) electrons. The van der Waals surface area contributed by atoms with Gasteiger partial charge in [-0.1, -0.05) is 12.1 Å². The lowest BCUT2D eigenvalue weighted by atomic mass is 10.0. The Morgan fingerprint density at radius 2 is 2.06 bits per heavy atom. The van der Waals surface area contributed by atoms with Gasteiger partial charge in [0.15, 0.2) is 5.78 Å². The summed E-state index contributed by atoms with van der Waals surface area (Å²) in [5.41, 5.74) is 2.15. The van der Waals surface area contributed by atoms with Gasteiger partial charge in [-0.25, -0.2) is 4.79 Å². The van der Waals surface area contributed by atoms with E-state index in [9.17, 15) is 9.59 Å². The molecule has 17 heavy (non-hydrogen) atoms. The Balaban J connectivity index is 3.02. The molecule has 1 unspecified atom stereocenters. The number of ketones is 1. The zero-order valence-corrected chi connectivity index (χ0v) is 10.4. The van der Waals surface area contributed by atoms with Crippen molar-refractivity contribution in [1.29, 1.82) is 0 Å². The minimum Gasteiger partial charge on any atom is -0.478 e. The van der Waals surface area contributed by atoms with Crippen molar-refractivity contribution in [3.05, 3.63) is 41.0 Å². The standard InChI is InChI=1S/C13H13ClO3/c1-8-7-11(13(17)9(2)14)4-3-10(8)5-6-12(15)16/h3-7,9H,1-2H3,(H,15,16)/b6-5+. The number of alkyl halides is 1. The monoisotopic (exact) mass is 252 g/mol. The topological polar surface area (TPSA) is 54.4 Å². The van der Waals surface area contributed by atoms with E-state index in [1.807, 2.05) is 6.92 Å². The summed E-state index contributed by atoms with van der Waals surface area (Å²) in [5, 5.41) is 7.96. The van der Waals surface area contributed by atoms with Crippen molar-refractivity contribution in [3.63, 3.8) is 0 Å². The summed E-state index contributed by atoms with van der Waals surface area (Å²) in [7, 11) is 0. The van der Waals surface area contributed by atoms with Crippen molar-refractivity contribution >= 4 is 29.4 Å². The number of aryl methyl sites for hydroxylation is 1. The van der Waals surface area contributed by atoms with Crippen LogP contribution in [0.4, 0.5) is 0 Å². The summed E-state index contributed by atoms with van der Waals surface area (Å²) in [5.74, 6) is -1.14. The van der Waals surface area contributed by atoms with Crippen molar-refractivity contribution in [2.24, 2.45) is 0 Å². The molecule has 0 aliphatic rings. The van der Waals surface area contributed by atoms with Crippen LogP contribution in [0, 0.1) is 6.92 Å². The van der Waals surface area contributed by atoms with Crippen LogP contribution in [0.2, 0.25) is 0 Å². The maximum Gasteiger partial charge on any atom is 0.328 e.